The summed E-state index contributed by atoms with van der Waals surface area (Å²) in [5.41, 5.74) is 3.13. The van der Waals surface area contributed by atoms with E-state index >= 15 is 0 Å². The molecule has 134 valence electrons. The van der Waals surface area contributed by atoms with Gasteiger partial charge in [0.15, 0.2) is 9.84 Å². The monoisotopic (exact) mass is 361 g/mol. The molecule has 0 saturated heterocycles. The Balaban J connectivity index is 2.12. The predicted octanol–water partition coefficient (Wildman–Crippen LogP) is 3.04. The third kappa shape index (κ3) is 5.32. The summed E-state index contributed by atoms with van der Waals surface area (Å²) in [6.07, 6.45) is 1.19. The Labute approximate surface area is 148 Å². The molecule has 0 bridgehead atoms. The Hall–Kier alpha value is -2.34. The summed E-state index contributed by atoms with van der Waals surface area (Å²) in [7, 11) is -1.49. The molecule has 0 fully saturated rings. The lowest BCUT2D eigenvalue weighted by molar-refractivity contribution is 0.0939. The molecule has 0 heterocycles. The predicted molar refractivity (Wildman–Crippen MR) is 98.6 cm³/mol. The van der Waals surface area contributed by atoms with Gasteiger partial charge in [0.05, 0.1) is 18.9 Å². The number of hydrogen-bond acceptors (Lipinski definition) is 4. The molecule has 0 aliphatic heterocycles. The van der Waals surface area contributed by atoms with Gasteiger partial charge in [-0.3, -0.25) is 4.79 Å². The van der Waals surface area contributed by atoms with E-state index in [0.717, 1.165) is 16.9 Å². The average Bonchev–Trinajstić information content (AvgIpc) is 2.53. The topological polar surface area (TPSA) is 72.5 Å². The van der Waals surface area contributed by atoms with Crippen LogP contribution < -0.4 is 10.1 Å². The lowest BCUT2D eigenvalue weighted by Gasteiger charge is -2.18. The highest BCUT2D eigenvalue weighted by molar-refractivity contribution is 7.89. The molecule has 25 heavy (non-hydrogen) atoms. The number of aryl methyl sites for hydroxylation is 1. The van der Waals surface area contributed by atoms with Gasteiger partial charge in [0.2, 0.25) is 0 Å². The fourth-order valence-corrected chi connectivity index (χ4v) is 3.40. The van der Waals surface area contributed by atoms with Crippen molar-refractivity contribution in [3.05, 3.63) is 64.7 Å². The maximum Gasteiger partial charge on any atom is 0.251 e. The molecule has 6 heteroatoms. The van der Waals surface area contributed by atoms with Crippen molar-refractivity contribution < 1.29 is 17.9 Å². The molecular formula is C19H23NO4S. The largest absolute Gasteiger partial charge is 0.496 e. The number of amides is 1. The number of carbonyl (C=O) groups excluding carboxylic acids is 1. The maximum atomic E-state index is 12.4. The first-order valence-electron chi connectivity index (χ1n) is 7.91. The Kier molecular flexibility index (Phi) is 5.85. The minimum Gasteiger partial charge on any atom is -0.496 e. The van der Waals surface area contributed by atoms with E-state index in [1.807, 2.05) is 32.0 Å². The Bertz CT molecular complexity index is 857. The summed E-state index contributed by atoms with van der Waals surface area (Å²) in [5.74, 6) is 0.468. The third-order valence-electron chi connectivity index (χ3n) is 3.84. The normalized spacial score (nSPS) is 12.5. The van der Waals surface area contributed by atoms with Crippen molar-refractivity contribution in [2.24, 2.45) is 0 Å². The smallest absolute Gasteiger partial charge is 0.251 e. The number of rotatable bonds is 6. The molecule has 0 aliphatic carbocycles. The highest BCUT2D eigenvalue weighted by Gasteiger charge is 2.15. The second kappa shape index (κ2) is 7.70. The van der Waals surface area contributed by atoms with Gasteiger partial charge in [0, 0.05) is 17.4 Å². The number of benzene rings is 2. The van der Waals surface area contributed by atoms with Crippen molar-refractivity contribution in [2.75, 3.05) is 13.4 Å². The van der Waals surface area contributed by atoms with Gasteiger partial charge in [0.25, 0.3) is 5.91 Å². The molecule has 2 aromatic carbocycles. The number of methoxy groups -OCH3 is 1. The molecule has 0 unspecified atom stereocenters. The molecule has 2 rings (SSSR count). The van der Waals surface area contributed by atoms with Crippen LogP contribution in [0.5, 0.6) is 5.75 Å². The fourth-order valence-electron chi connectivity index (χ4n) is 2.60. The van der Waals surface area contributed by atoms with Crippen molar-refractivity contribution in [1.82, 2.24) is 5.32 Å². The molecule has 0 radical (unpaired) electrons. The fraction of sp³-hybridized carbons (Fsp3) is 0.316. The Morgan fingerprint density at radius 1 is 1.16 bits per heavy atom. The van der Waals surface area contributed by atoms with Crippen molar-refractivity contribution in [1.29, 1.82) is 0 Å². The SMILES string of the molecule is COc1ccc(C)cc1[C@@H](C)NC(=O)c1ccc(CS(C)(=O)=O)cc1. The quantitative estimate of drug-likeness (QED) is 0.858. The van der Waals surface area contributed by atoms with Crippen LogP contribution in [0.2, 0.25) is 0 Å². The molecule has 1 N–H and O–H groups in total. The number of sulfone groups is 1. The van der Waals surface area contributed by atoms with Gasteiger partial charge in [0.1, 0.15) is 5.75 Å². The zero-order valence-electron chi connectivity index (χ0n) is 14.9. The number of nitrogens with one attached hydrogen (secondary N) is 1. The van der Waals surface area contributed by atoms with Crippen molar-refractivity contribution >= 4 is 15.7 Å². The first-order valence-corrected chi connectivity index (χ1v) is 9.97. The van der Waals surface area contributed by atoms with E-state index in [-0.39, 0.29) is 17.7 Å². The summed E-state index contributed by atoms with van der Waals surface area (Å²) in [6, 6.07) is 12.2. The molecule has 1 atom stereocenters. The zero-order chi connectivity index (χ0) is 18.6. The van der Waals surface area contributed by atoms with Gasteiger partial charge < -0.3 is 10.1 Å². The van der Waals surface area contributed by atoms with Crippen LogP contribution >= 0.6 is 0 Å². The van der Waals surface area contributed by atoms with Crippen LogP contribution in [0.15, 0.2) is 42.5 Å². The highest BCUT2D eigenvalue weighted by atomic mass is 32.2. The lowest BCUT2D eigenvalue weighted by Crippen LogP contribution is -2.27. The summed E-state index contributed by atoms with van der Waals surface area (Å²) < 4.78 is 28.0. The number of ether oxygens (including phenoxy) is 1. The van der Waals surface area contributed by atoms with E-state index in [1.54, 1.807) is 31.4 Å². The van der Waals surface area contributed by atoms with Gasteiger partial charge >= 0.3 is 0 Å². The second-order valence-electron chi connectivity index (χ2n) is 6.21. The molecule has 1 amide bonds. The van der Waals surface area contributed by atoms with Crippen molar-refractivity contribution in [2.45, 2.75) is 25.6 Å². The third-order valence-corrected chi connectivity index (χ3v) is 4.70. The molecule has 0 saturated carbocycles. The molecule has 2 aromatic rings. The minimum absolute atomic E-state index is 0.0359. The first kappa shape index (κ1) is 19.0. The van der Waals surface area contributed by atoms with E-state index in [0.29, 0.717) is 11.1 Å². The van der Waals surface area contributed by atoms with E-state index in [1.165, 1.54) is 6.26 Å². The van der Waals surface area contributed by atoms with Gasteiger partial charge in [-0.25, -0.2) is 8.42 Å². The van der Waals surface area contributed by atoms with E-state index in [2.05, 4.69) is 5.32 Å². The zero-order valence-corrected chi connectivity index (χ0v) is 15.7. The van der Waals surface area contributed by atoms with Crippen LogP contribution in [0.3, 0.4) is 0 Å². The highest BCUT2D eigenvalue weighted by Crippen LogP contribution is 2.26. The maximum absolute atomic E-state index is 12.4. The van der Waals surface area contributed by atoms with Crippen LogP contribution in [-0.2, 0) is 15.6 Å². The van der Waals surface area contributed by atoms with Crippen molar-refractivity contribution in [3.63, 3.8) is 0 Å². The van der Waals surface area contributed by atoms with Crippen LogP contribution in [0, 0.1) is 6.92 Å². The van der Waals surface area contributed by atoms with Crippen LogP contribution in [0.25, 0.3) is 0 Å². The summed E-state index contributed by atoms with van der Waals surface area (Å²) in [6.45, 7) is 3.88. The van der Waals surface area contributed by atoms with Gasteiger partial charge in [-0.05, 0) is 37.6 Å². The standard InChI is InChI=1S/C19H23NO4S/c1-13-5-10-18(24-3)17(11-13)14(2)20-19(21)16-8-6-15(7-9-16)12-25(4,22)23/h5-11,14H,12H2,1-4H3,(H,20,21)/t14-/m1/s1. The van der Waals surface area contributed by atoms with Gasteiger partial charge in [-0.2, -0.15) is 0 Å². The summed E-state index contributed by atoms with van der Waals surface area (Å²) in [5, 5.41) is 2.94. The number of hydrogen-bond donors (Lipinski definition) is 1. The van der Waals surface area contributed by atoms with Gasteiger partial charge in [-0.1, -0.05) is 29.8 Å². The summed E-state index contributed by atoms with van der Waals surface area (Å²) in [4.78, 5) is 12.4. The molecule has 5 nitrogen and oxygen atoms in total. The van der Waals surface area contributed by atoms with E-state index < -0.39 is 9.84 Å². The van der Waals surface area contributed by atoms with Gasteiger partial charge in [-0.15, -0.1) is 0 Å². The number of carbonyl (C=O) groups is 1. The molecule has 0 aromatic heterocycles. The van der Waals surface area contributed by atoms with Crippen LogP contribution in [0.1, 0.15) is 40.0 Å². The van der Waals surface area contributed by atoms with Crippen molar-refractivity contribution in [3.8, 4) is 5.75 Å². The minimum atomic E-state index is -3.09. The lowest BCUT2D eigenvalue weighted by atomic mass is 10.0. The van der Waals surface area contributed by atoms with Crippen LogP contribution in [0.4, 0.5) is 0 Å². The van der Waals surface area contributed by atoms with E-state index in [9.17, 15) is 13.2 Å². The Morgan fingerprint density at radius 3 is 2.36 bits per heavy atom. The second-order valence-corrected chi connectivity index (χ2v) is 8.35. The van der Waals surface area contributed by atoms with Crippen LogP contribution in [-0.4, -0.2) is 27.7 Å². The van der Waals surface area contributed by atoms with E-state index in [4.69, 9.17) is 4.74 Å². The summed E-state index contributed by atoms with van der Waals surface area (Å²) >= 11 is 0. The average molecular weight is 361 g/mol. The first-order chi connectivity index (χ1) is 11.7. The molecular weight excluding hydrogens is 338 g/mol. The molecule has 0 aliphatic rings. The molecule has 0 spiro atoms. The Morgan fingerprint density at radius 2 is 1.80 bits per heavy atom.